The van der Waals surface area contributed by atoms with Crippen LogP contribution in [0.1, 0.15) is 36.3 Å². The van der Waals surface area contributed by atoms with Crippen molar-refractivity contribution in [2.24, 2.45) is 7.05 Å². The Labute approximate surface area is 235 Å². The molecule has 10 heteroatoms. The number of benzene rings is 3. The standard InChI is InChI=1S/C31H29N7O3/c1-4-9-28-32-20(2)37(19-26-25-12-7-8-13-27(25)36(3)34-26)31(40)38(28)18-21-14-16-22(17-15-21)23-10-5-6-11-24(23)29-33-30(39)41-35-29/h5-8,10-17H,4,9,18-19H2,1-3H3/p+1. The van der Waals surface area contributed by atoms with E-state index in [9.17, 15) is 9.59 Å². The van der Waals surface area contributed by atoms with E-state index in [0.29, 0.717) is 31.2 Å². The van der Waals surface area contributed by atoms with Gasteiger partial charge in [0.1, 0.15) is 18.8 Å². The average Bonchev–Trinajstić information content (AvgIpc) is 3.56. The molecule has 0 saturated heterocycles. The summed E-state index contributed by atoms with van der Waals surface area (Å²) in [5.74, 6) is 1.21. The molecule has 3 aromatic carbocycles. The number of nitrogens with zero attached hydrogens (tertiary/aromatic N) is 6. The van der Waals surface area contributed by atoms with Crippen molar-refractivity contribution in [2.45, 2.75) is 39.8 Å². The van der Waals surface area contributed by atoms with Crippen LogP contribution in [0.15, 0.2) is 86.9 Å². The van der Waals surface area contributed by atoms with E-state index >= 15 is 0 Å². The lowest BCUT2D eigenvalue weighted by Crippen LogP contribution is -2.58. The third-order valence-corrected chi connectivity index (χ3v) is 7.30. The molecule has 3 heterocycles. The Morgan fingerprint density at radius 2 is 1.68 bits per heavy atom. The molecule has 6 aromatic rings. The lowest BCUT2D eigenvalue weighted by molar-refractivity contribution is -0.717. The molecule has 0 spiro atoms. The smallest absolute Gasteiger partial charge is 0.296 e. The zero-order chi connectivity index (χ0) is 28.5. The summed E-state index contributed by atoms with van der Waals surface area (Å²) in [7, 11) is 1.91. The number of para-hydroxylation sites is 1. The minimum Gasteiger partial charge on any atom is -0.296 e. The molecule has 0 saturated carbocycles. The summed E-state index contributed by atoms with van der Waals surface area (Å²) in [5, 5.41) is 9.57. The summed E-state index contributed by atoms with van der Waals surface area (Å²) in [6.45, 7) is 4.69. The van der Waals surface area contributed by atoms with Gasteiger partial charge in [0.05, 0.1) is 5.52 Å². The van der Waals surface area contributed by atoms with E-state index in [2.05, 4.69) is 17.1 Å². The van der Waals surface area contributed by atoms with E-state index in [1.54, 1.807) is 9.13 Å². The predicted octanol–water partition coefficient (Wildman–Crippen LogP) is 3.79. The SMILES string of the molecule is CCCc1nc(C)n(Cc2nn(C)c3ccccc23)c(=O)[n+]1Cc1ccc(-c2ccccc2-c2noc(=O)[nH]2)cc1. The Kier molecular flexibility index (Phi) is 6.88. The van der Waals surface area contributed by atoms with Gasteiger partial charge in [-0.05, 0) is 29.2 Å². The van der Waals surface area contributed by atoms with Gasteiger partial charge in [-0.1, -0.05) is 83.8 Å². The fourth-order valence-electron chi connectivity index (χ4n) is 5.27. The highest BCUT2D eigenvalue weighted by atomic mass is 16.5. The zero-order valence-electron chi connectivity index (χ0n) is 23.2. The molecule has 0 unspecified atom stereocenters. The summed E-state index contributed by atoms with van der Waals surface area (Å²) >= 11 is 0. The van der Waals surface area contributed by atoms with Crippen molar-refractivity contribution < 1.29 is 9.09 Å². The van der Waals surface area contributed by atoms with Gasteiger partial charge in [0.15, 0.2) is 5.82 Å². The number of hydrogen-bond acceptors (Lipinski definition) is 6. The van der Waals surface area contributed by atoms with Gasteiger partial charge in [-0.3, -0.25) is 14.2 Å². The van der Waals surface area contributed by atoms with Crippen LogP contribution in [0.2, 0.25) is 0 Å². The number of hydrogen-bond donors (Lipinski definition) is 1. The quantitative estimate of drug-likeness (QED) is 0.290. The second kappa shape index (κ2) is 10.8. The van der Waals surface area contributed by atoms with Crippen LogP contribution in [0.3, 0.4) is 0 Å². The summed E-state index contributed by atoms with van der Waals surface area (Å²) in [5.41, 5.74) is 5.34. The van der Waals surface area contributed by atoms with Crippen molar-refractivity contribution in [3.05, 3.63) is 117 Å². The van der Waals surface area contributed by atoms with E-state index in [-0.39, 0.29) is 5.69 Å². The fraction of sp³-hybridized carbons (Fsp3) is 0.226. The molecule has 10 nitrogen and oxygen atoms in total. The van der Waals surface area contributed by atoms with Crippen molar-refractivity contribution in [3.63, 3.8) is 0 Å². The Hall–Kier alpha value is -5.12. The van der Waals surface area contributed by atoms with Crippen LogP contribution in [0.25, 0.3) is 33.4 Å². The van der Waals surface area contributed by atoms with E-state index in [4.69, 9.17) is 14.6 Å². The Morgan fingerprint density at radius 1 is 0.951 bits per heavy atom. The normalized spacial score (nSPS) is 11.4. The van der Waals surface area contributed by atoms with Gasteiger partial charge in [-0.25, -0.2) is 9.59 Å². The van der Waals surface area contributed by atoms with Crippen LogP contribution in [0.4, 0.5) is 0 Å². The highest BCUT2D eigenvalue weighted by Gasteiger charge is 2.23. The van der Waals surface area contributed by atoms with Gasteiger partial charge in [-0.2, -0.15) is 14.2 Å². The second-order valence-electron chi connectivity index (χ2n) is 10.1. The Balaban J connectivity index is 1.35. The van der Waals surface area contributed by atoms with Gasteiger partial charge in [0.25, 0.3) is 0 Å². The maximum absolute atomic E-state index is 13.9. The van der Waals surface area contributed by atoms with Crippen molar-refractivity contribution in [3.8, 4) is 22.5 Å². The van der Waals surface area contributed by atoms with Crippen molar-refractivity contribution in [1.82, 2.24) is 29.5 Å². The number of H-pyrrole nitrogens is 1. The first-order chi connectivity index (χ1) is 19.9. The summed E-state index contributed by atoms with van der Waals surface area (Å²) < 4.78 is 10.0. The van der Waals surface area contributed by atoms with Crippen LogP contribution < -0.4 is 16.0 Å². The van der Waals surface area contributed by atoms with Crippen LogP contribution in [0.5, 0.6) is 0 Å². The van der Waals surface area contributed by atoms with E-state index < -0.39 is 5.76 Å². The lowest BCUT2D eigenvalue weighted by Gasteiger charge is -2.11. The molecular formula is C31H30N7O3+. The number of aromatic amines is 1. The predicted molar refractivity (Wildman–Crippen MR) is 154 cm³/mol. The first kappa shape index (κ1) is 26.1. The van der Waals surface area contributed by atoms with Gasteiger partial charge < -0.3 is 0 Å². The third kappa shape index (κ3) is 5.00. The Morgan fingerprint density at radius 3 is 2.41 bits per heavy atom. The Bertz CT molecular complexity index is 1980. The monoisotopic (exact) mass is 548 g/mol. The minimum atomic E-state index is -0.598. The van der Waals surface area contributed by atoms with Gasteiger partial charge in [0.2, 0.25) is 11.6 Å². The lowest BCUT2D eigenvalue weighted by atomic mass is 9.98. The number of aromatic nitrogens is 7. The first-order valence-electron chi connectivity index (χ1n) is 13.6. The molecular weight excluding hydrogens is 518 g/mol. The molecule has 0 aliphatic heterocycles. The van der Waals surface area contributed by atoms with Crippen molar-refractivity contribution in [1.29, 1.82) is 0 Å². The number of aryl methyl sites for hydroxylation is 3. The van der Waals surface area contributed by atoms with E-state index in [0.717, 1.165) is 51.1 Å². The topological polar surface area (TPSA) is 115 Å². The molecule has 0 aliphatic rings. The highest BCUT2D eigenvalue weighted by Crippen LogP contribution is 2.29. The molecule has 0 fully saturated rings. The van der Waals surface area contributed by atoms with E-state index in [1.165, 1.54) is 0 Å². The van der Waals surface area contributed by atoms with Crippen LogP contribution in [-0.2, 0) is 26.6 Å². The fourth-order valence-corrected chi connectivity index (χ4v) is 5.27. The second-order valence-corrected chi connectivity index (χ2v) is 10.1. The zero-order valence-corrected chi connectivity index (χ0v) is 23.2. The van der Waals surface area contributed by atoms with Crippen LogP contribution in [0, 0.1) is 6.92 Å². The molecule has 0 bridgehead atoms. The molecule has 0 amide bonds. The maximum atomic E-state index is 13.9. The summed E-state index contributed by atoms with van der Waals surface area (Å²) in [6, 6.07) is 23.7. The van der Waals surface area contributed by atoms with Gasteiger partial charge in [-0.15, -0.1) is 0 Å². The first-order valence-corrected chi connectivity index (χ1v) is 13.6. The third-order valence-electron chi connectivity index (χ3n) is 7.30. The number of rotatable bonds is 8. The number of fused-ring (bicyclic) bond motifs is 1. The largest absolute Gasteiger partial charge is 0.446 e. The summed E-state index contributed by atoms with van der Waals surface area (Å²) in [6.07, 6.45) is 1.57. The molecule has 0 aliphatic carbocycles. The average molecular weight is 549 g/mol. The van der Waals surface area contributed by atoms with Gasteiger partial charge >= 0.3 is 11.4 Å². The molecule has 0 atom stereocenters. The number of nitrogens with one attached hydrogen (secondary N) is 1. The van der Waals surface area contributed by atoms with Crippen LogP contribution in [-0.4, -0.2) is 29.5 Å². The molecule has 206 valence electrons. The molecule has 41 heavy (non-hydrogen) atoms. The highest BCUT2D eigenvalue weighted by molar-refractivity contribution is 5.82. The van der Waals surface area contributed by atoms with Crippen LogP contribution >= 0.6 is 0 Å². The molecule has 1 N–H and O–H groups in total. The van der Waals surface area contributed by atoms with Gasteiger partial charge in [0, 0.05) is 31.3 Å². The summed E-state index contributed by atoms with van der Waals surface area (Å²) in [4.78, 5) is 32.9. The van der Waals surface area contributed by atoms with E-state index in [1.807, 2.05) is 91.4 Å². The molecule has 3 aromatic heterocycles. The molecule has 0 radical (unpaired) electrons. The van der Waals surface area contributed by atoms with Crippen molar-refractivity contribution >= 4 is 10.9 Å². The maximum Gasteiger partial charge on any atom is 0.446 e. The van der Waals surface area contributed by atoms with Crippen molar-refractivity contribution in [2.75, 3.05) is 0 Å². The minimum absolute atomic E-state index is 0.111. The molecule has 6 rings (SSSR count).